The zero-order chi connectivity index (χ0) is 47.7. The average molecular weight is 907 g/mol. The number of nitrogens with one attached hydrogen (secondary N) is 2. The minimum Gasteiger partial charge on any atom is -0.508 e. The summed E-state index contributed by atoms with van der Waals surface area (Å²) in [6.45, 7) is 21.6. The van der Waals surface area contributed by atoms with Gasteiger partial charge < -0.3 is 39.4 Å². The maximum absolute atomic E-state index is 13.6. The Morgan fingerprint density at radius 2 is 1.27 bits per heavy atom. The van der Waals surface area contributed by atoms with Crippen molar-refractivity contribution in [3.63, 3.8) is 0 Å². The van der Waals surface area contributed by atoms with E-state index < -0.39 is 83.0 Å². The van der Waals surface area contributed by atoms with Gasteiger partial charge in [0.25, 0.3) is 0 Å². The van der Waals surface area contributed by atoms with Gasteiger partial charge in [-0.15, -0.1) is 13.2 Å². The fourth-order valence-corrected chi connectivity index (χ4v) is 8.90. The molecule has 346 valence electrons. The van der Waals surface area contributed by atoms with E-state index in [1.54, 1.807) is 12.2 Å². The predicted molar refractivity (Wildman–Crippen MR) is 236 cm³/mol. The van der Waals surface area contributed by atoms with E-state index in [-0.39, 0.29) is 65.0 Å². The topological polar surface area (TPSA) is 227 Å². The summed E-state index contributed by atoms with van der Waals surface area (Å²) in [6.07, 6.45) is 6.68. The molecule has 16 nitrogen and oxygen atoms in total. The highest BCUT2D eigenvalue weighted by Gasteiger charge is 2.42. The Kier molecular flexibility index (Phi) is 18.9. The molecule has 3 N–H and O–H groups in total. The van der Waals surface area contributed by atoms with Gasteiger partial charge in [0.05, 0.1) is 16.2 Å². The van der Waals surface area contributed by atoms with Crippen LogP contribution in [0.25, 0.3) is 0 Å². The molecule has 0 aromatic heterocycles. The summed E-state index contributed by atoms with van der Waals surface area (Å²) in [5, 5.41) is 16.0. The van der Waals surface area contributed by atoms with Crippen LogP contribution < -0.4 is 15.4 Å². The van der Waals surface area contributed by atoms with E-state index in [2.05, 4.69) is 43.5 Å². The number of amides is 2. The molecule has 3 rings (SSSR count). The first kappa shape index (κ1) is 51.9. The van der Waals surface area contributed by atoms with E-state index in [4.69, 9.17) is 23.7 Å². The second-order valence-corrected chi connectivity index (χ2v) is 18.7. The summed E-state index contributed by atoms with van der Waals surface area (Å²) in [7, 11) is -4.01. The van der Waals surface area contributed by atoms with E-state index in [1.807, 2.05) is 20.8 Å². The Labute approximate surface area is 374 Å². The molecular weight excluding hydrogens is 849 g/mol. The Balaban J connectivity index is 1.63. The molecule has 1 fully saturated rings. The molecular formula is C47H58N2O14S. The number of ether oxygens (including phenoxy) is 5. The monoisotopic (exact) mass is 906 g/mol. The van der Waals surface area contributed by atoms with Crippen molar-refractivity contribution in [3.8, 4) is 11.5 Å². The Hall–Kier alpha value is -6.49. The van der Waals surface area contributed by atoms with Gasteiger partial charge in [-0.05, 0) is 84.9 Å². The predicted octanol–water partition coefficient (Wildman–Crippen LogP) is 5.97. The fourth-order valence-electron chi connectivity index (χ4n) is 7.53. The van der Waals surface area contributed by atoms with Crippen molar-refractivity contribution < 1.29 is 66.0 Å². The van der Waals surface area contributed by atoms with Gasteiger partial charge in [-0.2, -0.15) is 0 Å². The summed E-state index contributed by atoms with van der Waals surface area (Å²) in [5.74, 6) is -3.65. The van der Waals surface area contributed by atoms with Crippen LogP contribution >= 0.6 is 0 Å². The van der Waals surface area contributed by atoms with Gasteiger partial charge in [-0.3, -0.25) is 9.59 Å². The standard InChI is InChI=1S/C47H58N2O14S/c1-9-14-32-22-35(16-18-37(32)50)64(57,58)36-17-19-38(33(23-36)15-10-2)63-44(56)48-27-46(8)25-34(24-45(6,7)26-46)49-39(51)20-21-43(55)62-31-47(28-59-40(52)11-3,29-60-41(53)12-4)30-61-42(54)13-5/h9-13,16-19,22-23,34,50H,1-5,14-15,20-21,24-31H2,6-8H3,(H,48,56)(H,49,51). The molecule has 2 unspecified atom stereocenters. The number of benzene rings is 2. The molecule has 17 heteroatoms. The summed E-state index contributed by atoms with van der Waals surface area (Å²) < 4.78 is 53.6. The van der Waals surface area contributed by atoms with Gasteiger partial charge in [-0.1, -0.05) is 52.7 Å². The van der Waals surface area contributed by atoms with Crippen LogP contribution in [-0.2, 0) is 65.6 Å². The number of aromatic hydroxyl groups is 1. The van der Waals surface area contributed by atoms with Crippen molar-refractivity contribution in [3.05, 3.63) is 111 Å². The molecule has 2 aromatic rings. The lowest BCUT2D eigenvalue weighted by molar-refractivity contribution is -0.166. The molecule has 0 saturated heterocycles. The van der Waals surface area contributed by atoms with Crippen molar-refractivity contribution >= 4 is 45.7 Å². The van der Waals surface area contributed by atoms with Crippen LogP contribution in [0.4, 0.5) is 4.79 Å². The van der Waals surface area contributed by atoms with E-state index in [9.17, 15) is 42.3 Å². The number of phenols is 1. The molecule has 2 amide bonds. The molecule has 0 aliphatic heterocycles. The molecule has 1 aliphatic rings. The minimum absolute atomic E-state index is 0.0174. The van der Waals surface area contributed by atoms with Crippen LogP contribution in [0.15, 0.2) is 109 Å². The lowest BCUT2D eigenvalue weighted by Gasteiger charge is -2.46. The Morgan fingerprint density at radius 3 is 1.81 bits per heavy atom. The number of hydrogen-bond donors (Lipinski definition) is 3. The summed E-state index contributed by atoms with van der Waals surface area (Å²) in [4.78, 5) is 74.9. The molecule has 2 atom stereocenters. The lowest BCUT2D eigenvalue weighted by atomic mass is 9.62. The maximum Gasteiger partial charge on any atom is 0.412 e. The summed E-state index contributed by atoms with van der Waals surface area (Å²) in [5.41, 5.74) is -1.48. The molecule has 2 aromatic carbocycles. The molecule has 0 radical (unpaired) electrons. The van der Waals surface area contributed by atoms with Crippen LogP contribution in [0.2, 0.25) is 0 Å². The van der Waals surface area contributed by atoms with Crippen LogP contribution in [0.3, 0.4) is 0 Å². The number of sulfone groups is 1. The van der Waals surface area contributed by atoms with Gasteiger partial charge in [0, 0.05) is 42.8 Å². The lowest BCUT2D eigenvalue weighted by Crippen LogP contribution is -2.50. The SMILES string of the molecule is C=CCc1cc(S(=O)(=O)c2ccc(OC(=O)NCC3(C)CC(NC(=O)CCC(=O)OCC(COC(=O)C=C)(COC(=O)C=C)COC(=O)C=C)CC(C)(C)C3)c(CC=C)c2)ccc1O. The van der Waals surface area contributed by atoms with E-state index in [1.165, 1.54) is 36.4 Å². The zero-order valence-corrected chi connectivity index (χ0v) is 37.4. The molecule has 1 saturated carbocycles. The highest BCUT2D eigenvalue weighted by atomic mass is 32.2. The van der Waals surface area contributed by atoms with Crippen LogP contribution in [0.1, 0.15) is 64.0 Å². The van der Waals surface area contributed by atoms with Crippen molar-refractivity contribution in [1.29, 1.82) is 0 Å². The Bertz CT molecular complexity index is 2170. The van der Waals surface area contributed by atoms with Gasteiger partial charge >= 0.3 is 30.0 Å². The third-order valence-corrected chi connectivity index (χ3v) is 12.0. The van der Waals surface area contributed by atoms with E-state index in [0.29, 0.717) is 30.4 Å². The van der Waals surface area contributed by atoms with Crippen LogP contribution in [-0.4, -0.2) is 88.4 Å². The van der Waals surface area contributed by atoms with Gasteiger partial charge in [-0.25, -0.2) is 27.6 Å². The van der Waals surface area contributed by atoms with Gasteiger partial charge in [0.1, 0.15) is 43.3 Å². The van der Waals surface area contributed by atoms with Crippen molar-refractivity contribution in [1.82, 2.24) is 10.6 Å². The van der Waals surface area contributed by atoms with Crippen LogP contribution in [0.5, 0.6) is 11.5 Å². The number of allylic oxidation sites excluding steroid dienone is 2. The number of hydrogen-bond acceptors (Lipinski definition) is 14. The number of carbonyl (C=O) groups excluding carboxylic acids is 6. The highest BCUT2D eigenvalue weighted by Crippen LogP contribution is 2.46. The van der Waals surface area contributed by atoms with E-state index >= 15 is 0 Å². The normalized spacial score (nSPS) is 16.7. The number of carbonyl (C=O) groups is 6. The quantitative estimate of drug-likeness (QED) is 0.0478. The molecule has 1 aliphatic carbocycles. The third kappa shape index (κ3) is 15.7. The third-order valence-electron chi connectivity index (χ3n) is 10.3. The number of esters is 4. The first-order valence-corrected chi connectivity index (χ1v) is 21.8. The summed E-state index contributed by atoms with van der Waals surface area (Å²) in [6, 6.07) is 7.86. The smallest absolute Gasteiger partial charge is 0.412 e. The zero-order valence-electron chi connectivity index (χ0n) is 36.6. The fraction of sp³-hybridized carbons (Fsp3) is 0.404. The molecule has 64 heavy (non-hydrogen) atoms. The van der Waals surface area contributed by atoms with Crippen LogP contribution in [0, 0.1) is 16.2 Å². The number of rotatable bonds is 24. The minimum atomic E-state index is -4.01. The Morgan fingerprint density at radius 1 is 0.750 bits per heavy atom. The second kappa shape index (κ2) is 23.3. The van der Waals surface area contributed by atoms with Gasteiger partial charge in [0.15, 0.2) is 0 Å². The molecule has 0 spiro atoms. The molecule has 0 bridgehead atoms. The van der Waals surface area contributed by atoms with Crippen molar-refractivity contribution in [2.45, 2.75) is 81.5 Å². The van der Waals surface area contributed by atoms with Crippen molar-refractivity contribution in [2.24, 2.45) is 16.2 Å². The number of phenolic OH excluding ortho intramolecular Hbond substituents is 1. The first-order chi connectivity index (χ1) is 30.1. The van der Waals surface area contributed by atoms with Gasteiger partial charge in [0.2, 0.25) is 15.7 Å². The molecule has 0 heterocycles. The van der Waals surface area contributed by atoms with E-state index in [0.717, 1.165) is 18.2 Å². The average Bonchev–Trinajstić information content (AvgIpc) is 3.24. The maximum atomic E-state index is 13.6. The highest BCUT2D eigenvalue weighted by molar-refractivity contribution is 7.91. The largest absolute Gasteiger partial charge is 0.508 e. The first-order valence-electron chi connectivity index (χ1n) is 20.3. The summed E-state index contributed by atoms with van der Waals surface area (Å²) >= 11 is 0. The van der Waals surface area contributed by atoms with Crippen molar-refractivity contribution in [2.75, 3.05) is 33.0 Å². The second-order valence-electron chi connectivity index (χ2n) is 16.7.